The van der Waals surface area contributed by atoms with Crippen molar-refractivity contribution in [1.29, 1.82) is 0 Å². The number of hydrogen-bond acceptors (Lipinski definition) is 4. The van der Waals surface area contributed by atoms with Gasteiger partial charge in [-0.3, -0.25) is 4.79 Å². The summed E-state index contributed by atoms with van der Waals surface area (Å²) >= 11 is 0. The molecular formula is C21H26N2O3. The molecule has 0 heterocycles. The highest BCUT2D eigenvalue weighted by molar-refractivity contribution is 5.83. The molecule has 0 unspecified atom stereocenters. The van der Waals surface area contributed by atoms with Crippen molar-refractivity contribution in [2.45, 2.75) is 33.1 Å². The Kier molecular flexibility index (Phi) is 8.19. The summed E-state index contributed by atoms with van der Waals surface area (Å²) in [5.74, 6) is 1.19. The molecule has 0 saturated carbocycles. The molecule has 0 aliphatic rings. The number of hydrogen-bond donors (Lipinski definition) is 1. The van der Waals surface area contributed by atoms with E-state index in [-0.39, 0.29) is 12.5 Å². The van der Waals surface area contributed by atoms with E-state index in [1.165, 1.54) is 5.56 Å². The number of carbonyl (C=O) groups is 1. The fourth-order valence-corrected chi connectivity index (χ4v) is 2.27. The topological polar surface area (TPSA) is 59.9 Å². The van der Waals surface area contributed by atoms with Crippen LogP contribution < -0.4 is 14.9 Å². The Balaban J connectivity index is 1.73. The van der Waals surface area contributed by atoms with Crippen molar-refractivity contribution in [3.05, 3.63) is 59.7 Å². The van der Waals surface area contributed by atoms with Gasteiger partial charge in [0, 0.05) is 0 Å². The molecule has 2 rings (SSSR count). The van der Waals surface area contributed by atoms with E-state index in [1.807, 2.05) is 48.5 Å². The third-order valence-corrected chi connectivity index (χ3v) is 3.59. The standard InChI is InChI=1S/C21H26N2O3/c1-3-5-17-6-10-20(11-7-17)26-16-21(24)23-22-15-18-8-12-19(13-9-18)25-14-4-2/h6-13,15H,3-5,14,16H2,1-2H3,(H,23,24)/b22-15+. The lowest BCUT2D eigenvalue weighted by atomic mass is 10.1. The minimum Gasteiger partial charge on any atom is -0.494 e. The van der Waals surface area contributed by atoms with Crippen molar-refractivity contribution < 1.29 is 14.3 Å². The maximum atomic E-state index is 11.8. The van der Waals surface area contributed by atoms with E-state index in [2.05, 4.69) is 24.4 Å². The molecule has 0 radical (unpaired) electrons. The summed E-state index contributed by atoms with van der Waals surface area (Å²) in [6.45, 7) is 4.83. The van der Waals surface area contributed by atoms with Crippen LogP contribution in [0.25, 0.3) is 0 Å². The fraction of sp³-hybridized carbons (Fsp3) is 0.333. The quantitative estimate of drug-likeness (QED) is 0.519. The average Bonchev–Trinajstić information content (AvgIpc) is 2.67. The summed E-state index contributed by atoms with van der Waals surface area (Å²) in [6.07, 6.45) is 4.71. The second kappa shape index (κ2) is 10.9. The van der Waals surface area contributed by atoms with E-state index in [9.17, 15) is 4.79 Å². The molecular weight excluding hydrogens is 328 g/mol. The van der Waals surface area contributed by atoms with Crippen LogP contribution in [0.15, 0.2) is 53.6 Å². The number of aryl methyl sites for hydroxylation is 1. The highest BCUT2D eigenvalue weighted by Gasteiger charge is 2.01. The van der Waals surface area contributed by atoms with Crippen LogP contribution in [0.3, 0.4) is 0 Å². The van der Waals surface area contributed by atoms with Gasteiger partial charge in [-0.05, 0) is 60.4 Å². The van der Waals surface area contributed by atoms with Crippen molar-refractivity contribution in [3.8, 4) is 11.5 Å². The van der Waals surface area contributed by atoms with E-state index < -0.39 is 0 Å². The third-order valence-electron chi connectivity index (χ3n) is 3.59. The van der Waals surface area contributed by atoms with Gasteiger partial charge in [0.05, 0.1) is 12.8 Å². The van der Waals surface area contributed by atoms with Gasteiger partial charge >= 0.3 is 0 Å². The Morgan fingerprint density at radius 3 is 2.27 bits per heavy atom. The number of benzene rings is 2. The number of carbonyl (C=O) groups excluding carboxylic acids is 1. The lowest BCUT2D eigenvalue weighted by Gasteiger charge is -2.06. The zero-order valence-electron chi connectivity index (χ0n) is 15.4. The van der Waals surface area contributed by atoms with Crippen LogP contribution in [0.4, 0.5) is 0 Å². The van der Waals surface area contributed by atoms with E-state index in [0.29, 0.717) is 12.4 Å². The molecule has 0 atom stereocenters. The smallest absolute Gasteiger partial charge is 0.277 e. The Hall–Kier alpha value is -2.82. The van der Waals surface area contributed by atoms with Crippen molar-refractivity contribution in [2.24, 2.45) is 5.10 Å². The number of amides is 1. The first kappa shape index (κ1) is 19.5. The molecule has 1 amide bonds. The predicted octanol–water partition coefficient (Wildman–Crippen LogP) is 3.96. The average molecular weight is 354 g/mol. The third kappa shape index (κ3) is 6.97. The molecule has 2 aromatic rings. The minimum atomic E-state index is -0.304. The first-order chi connectivity index (χ1) is 12.7. The monoisotopic (exact) mass is 354 g/mol. The van der Waals surface area contributed by atoms with Crippen molar-refractivity contribution >= 4 is 12.1 Å². The molecule has 0 aliphatic heterocycles. The Bertz CT molecular complexity index is 694. The lowest BCUT2D eigenvalue weighted by molar-refractivity contribution is -0.123. The summed E-state index contributed by atoms with van der Waals surface area (Å²) in [5.41, 5.74) is 4.60. The molecule has 0 fully saturated rings. The summed E-state index contributed by atoms with van der Waals surface area (Å²) < 4.78 is 11.0. The predicted molar refractivity (Wildman–Crippen MR) is 104 cm³/mol. The zero-order valence-corrected chi connectivity index (χ0v) is 15.4. The summed E-state index contributed by atoms with van der Waals surface area (Å²) in [4.78, 5) is 11.8. The van der Waals surface area contributed by atoms with Crippen LogP contribution in [-0.2, 0) is 11.2 Å². The van der Waals surface area contributed by atoms with Gasteiger partial charge < -0.3 is 9.47 Å². The molecule has 1 N–H and O–H groups in total. The van der Waals surface area contributed by atoms with Crippen LogP contribution >= 0.6 is 0 Å². The number of rotatable bonds is 10. The largest absolute Gasteiger partial charge is 0.494 e. The minimum absolute atomic E-state index is 0.0751. The van der Waals surface area contributed by atoms with Gasteiger partial charge in [-0.2, -0.15) is 5.10 Å². The van der Waals surface area contributed by atoms with Crippen molar-refractivity contribution in [2.75, 3.05) is 13.2 Å². The van der Waals surface area contributed by atoms with E-state index in [1.54, 1.807) is 6.21 Å². The van der Waals surface area contributed by atoms with E-state index in [0.717, 1.165) is 30.6 Å². The van der Waals surface area contributed by atoms with E-state index >= 15 is 0 Å². The van der Waals surface area contributed by atoms with Gasteiger partial charge in [0.15, 0.2) is 6.61 Å². The van der Waals surface area contributed by atoms with Gasteiger partial charge in [0.25, 0.3) is 5.91 Å². The Morgan fingerprint density at radius 1 is 0.962 bits per heavy atom. The van der Waals surface area contributed by atoms with Gasteiger partial charge in [-0.25, -0.2) is 5.43 Å². The Morgan fingerprint density at radius 2 is 1.62 bits per heavy atom. The zero-order chi connectivity index (χ0) is 18.6. The summed E-state index contributed by atoms with van der Waals surface area (Å²) in [5, 5.41) is 3.94. The molecule has 5 nitrogen and oxygen atoms in total. The first-order valence-corrected chi connectivity index (χ1v) is 8.97. The normalized spacial score (nSPS) is 10.7. The molecule has 0 bridgehead atoms. The van der Waals surface area contributed by atoms with Crippen LogP contribution in [-0.4, -0.2) is 25.3 Å². The highest BCUT2D eigenvalue weighted by atomic mass is 16.5. The van der Waals surface area contributed by atoms with Gasteiger partial charge in [0.2, 0.25) is 0 Å². The number of hydrazone groups is 1. The fourth-order valence-electron chi connectivity index (χ4n) is 2.27. The molecule has 0 aromatic heterocycles. The number of ether oxygens (including phenoxy) is 2. The maximum Gasteiger partial charge on any atom is 0.277 e. The van der Waals surface area contributed by atoms with Crippen LogP contribution in [0.2, 0.25) is 0 Å². The second-order valence-corrected chi connectivity index (χ2v) is 5.89. The summed E-state index contributed by atoms with van der Waals surface area (Å²) in [6, 6.07) is 15.3. The number of nitrogens with zero attached hydrogens (tertiary/aromatic N) is 1. The first-order valence-electron chi connectivity index (χ1n) is 8.97. The SMILES string of the molecule is CCCOc1ccc(/C=N/NC(=O)COc2ccc(CCC)cc2)cc1. The molecule has 5 heteroatoms. The van der Waals surface area contributed by atoms with Crippen molar-refractivity contribution in [1.82, 2.24) is 5.43 Å². The van der Waals surface area contributed by atoms with Crippen LogP contribution in [0.1, 0.15) is 37.8 Å². The highest BCUT2D eigenvalue weighted by Crippen LogP contribution is 2.13. The molecule has 138 valence electrons. The van der Waals surface area contributed by atoms with Gasteiger partial charge in [-0.1, -0.05) is 32.4 Å². The number of nitrogens with one attached hydrogen (secondary N) is 1. The molecule has 0 spiro atoms. The van der Waals surface area contributed by atoms with Crippen molar-refractivity contribution in [3.63, 3.8) is 0 Å². The maximum absolute atomic E-state index is 11.8. The molecule has 2 aromatic carbocycles. The molecule has 0 saturated heterocycles. The molecule has 0 aliphatic carbocycles. The molecule has 26 heavy (non-hydrogen) atoms. The van der Waals surface area contributed by atoms with Crippen LogP contribution in [0.5, 0.6) is 11.5 Å². The lowest BCUT2D eigenvalue weighted by Crippen LogP contribution is -2.24. The van der Waals surface area contributed by atoms with Crippen LogP contribution in [0, 0.1) is 0 Å². The second-order valence-electron chi connectivity index (χ2n) is 5.89. The van der Waals surface area contributed by atoms with Gasteiger partial charge in [0.1, 0.15) is 11.5 Å². The summed E-state index contributed by atoms with van der Waals surface area (Å²) in [7, 11) is 0. The van der Waals surface area contributed by atoms with E-state index in [4.69, 9.17) is 9.47 Å². The Labute approximate surface area is 155 Å². The van der Waals surface area contributed by atoms with Gasteiger partial charge in [-0.15, -0.1) is 0 Å².